The molecular formula is C36H31N3O9. The number of nitrogens with zero attached hydrogens (tertiary/aromatic N) is 3. The summed E-state index contributed by atoms with van der Waals surface area (Å²) in [6, 6.07) is 32.6. The predicted octanol–water partition coefficient (Wildman–Crippen LogP) is 5.41. The lowest BCUT2D eigenvalue weighted by molar-refractivity contribution is -0.276. The van der Waals surface area contributed by atoms with E-state index in [-0.39, 0.29) is 24.3 Å². The van der Waals surface area contributed by atoms with Gasteiger partial charge in [-0.2, -0.15) is 0 Å². The van der Waals surface area contributed by atoms with E-state index in [0.717, 1.165) is 11.1 Å². The fraction of sp³-hybridized carbons (Fsp3) is 0.222. The van der Waals surface area contributed by atoms with Crippen LogP contribution >= 0.6 is 0 Å². The second kappa shape index (κ2) is 16.8. The summed E-state index contributed by atoms with van der Waals surface area (Å²) in [4.78, 5) is 54.5. The standard InChI is InChI=1S/C36H31N3O9/c37-39-38-29-33(45-22-25-15-7-2-8-16-25)32(44-21-24-13-5-1-6-14-24)28(23-46-34(42)30(40)26-17-9-3-10-18-26)47-36(29)48-35(43)31(41)27-19-11-4-12-20-27/h1-20,28-29,32-33,36H,21-23H2/t28?,29?,32-,33?,36?/m1/s1. The van der Waals surface area contributed by atoms with Crippen molar-refractivity contribution in [1.82, 2.24) is 0 Å². The van der Waals surface area contributed by atoms with Gasteiger partial charge in [-0.1, -0.05) is 126 Å². The van der Waals surface area contributed by atoms with E-state index in [1.54, 1.807) is 36.4 Å². The normalized spacial score (nSPS) is 20.1. The fourth-order valence-electron chi connectivity index (χ4n) is 5.03. The minimum absolute atomic E-state index is 0.0246. The zero-order valence-electron chi connectivity index (χ0n) is 25.6. The topological polar surface area (TPSA) is 163 Å². The van der Waals surface area contributed by atoms with E-state index in [4.69, 9.17) is 23.7 Å². The number of Topliss-reactive ketones (excluding diaryl/α,β-unsaturated/α-hetero) is 2. The lowest BCUT2D eigenvalue weighted by Gasteiger charge is -2.44. The predicted molar refractivity (Wildman–Crippen MR) is 170 cm³/mol. The van der Waals surface area contributed by atoms with Gasteiger partial charge in [0.05, 0.1) is 13.2 Å². The molecule has 4 unspecified atom stereocenters. The molecule has 4 aromatic rings. The molecule has 1 aliphatic heterocycles. The van der Waals surface area contributed by atoms with Gasteiger partial charge in [-0.05, 0) is 16.7 Å². The summed E-state index contributed by atoms with van der Waals surface area (Å²) in [5.41, 5.74) is 11.3. The molecule has 12 nitrogen and oxygen atoms in total. The summed E-state index contributed by atoms with van der Waals surface area (Å²) in [5.74, 6) is -4.27. The Hall–Kier alpha value is -5.65. The molecule has 244 valence electrons. The molecule has 48 heavy (non-hydrogen) atoms. The highest BCUT2D eigenvalue weighted by Crippen LogP contribution is 2.31. The smallest absolute Gasteiger partial charge is 0.381 e. The monoisotopic (exact) mass is 649 g/mol. The van der Waals surface area contributed by atoms with E-state index in [9.17, 15) is 24.7 Å². The molecule has 0 radical (unpaired) electrons. The van der Waals surface area contributed by atoms with Gasteiger partial charge >= 0.3 is 11.9 Å². The van der Waals surface area contributed by atoms with E-state index in [1.807, 2.05) is 60.7 Å². The Bertz CT molecular complexity index is 1730. The fourth-order valence-corrected chi connectivity index (χ4v) is 5.03. The van der Waals surface area contributed by atoms with Crippen LogP contribution < -0.4 is 0 Å². The van der Waals surface area contributed by atoms with Gasteiger partial charge in [-0.3, -0.25) is 9.59 Å². The second-order valence-electron chi connectivity index (χ2n) is 10.7. The van der Waals surface area contributed by atoms with Crippen LogP contribution in [0.1, 0.15) is 31.8 Å². The van der Waals surface area contributed by atoms with E-state index in [1.165, 1.54) is 24.3 Å². The highest BCUT2D eigenvalue weighted by atomic mass is 16.7. The Labute approximate surface area is 275 Å². The molecule has 5 atom stereocenters. The number of hydrogen-bond acceptors (Lipinski definition) is 10. The highest BCUT2D eigenvalue weighted by molar-refractivity contribution is 6.41. The van der Waals surface area contributed by atoms with Gasteiger partial charge in [0.2, 0.25) is 6.29 Å². The quantitative estimate of drug-likeness (QED) is 0.0434. The van der Waals surface area contributed by atoms with Crippen LogP contribution in [0.4, 0.5) is 0 Å². The molecule has 1 aliphatic rings. The van der Waals surface area contributed by atoms with Crippen molar-refractivity contribution in [3.05, 3.63) is 154 Å². The Morgan fingerprint density at radius 2 is 1.10 bits per heavy atom. The highest BCUT2D eigenvalue weighted by Gasteiger charge is 2.50. The van der Waals surface area contributed by atoms with Crippen LogP contribution in [-0.2, 0) is 46.5 Å². The van der Waals surface area contributed by atoms with Crippen LogP contribution in [0.2, 0.25) is 0 Å². The third-order valence-electron chi connectivity index (χ3n) is 7.41. The zero-order valence-corrected chi connectivity index (χ0v) is 25.6. The maximum absolute atomic E-state index is 13.1. The lowest BCUT2D eigenvalue weighted by atomic mass is 9.96. The Morgan fingerprint density at radius 1 is 0.646 bits per heavy atom. The molecule has 4 aromatic carbocycles. The van der Waals surface area contributed by atoms with Gasteiger partial charge in [0.1, 0.15) is 31.0 Å². The summed E-state index contributed by atoms with van der Waals surface area (Å²) in [6.45, 7) is -0.462. The third-order valence-corrected chi connectivity index (χ3v) is 7.41. The summed E-state index contributed by atoms with van der Waals surface area (Å²) >= 11 is 0. The van der Waals surface area contributed by atoms with Gasteiger partial charge in [0.25, 0.3) is 11.6 Å². The lowest BCUT2D eigenvalue weighted by Crippen LogP contribution is -2.61. The molecule has 1 fully saturated rings. The average Bonchev–Trinajstić information content (AvgIpc) is 3.14. The van der Waals surface area contributed by atoms with E-state index in [0.29, 0.717) is 0 Å². The number of azide groups is 1. The van der Waals surface area contributed by atoms with Crippen LogP contribution in [0.25, 0.3) is 10.4 Å². The van der Waals surface area contributed by atoms with Crippen molar-refractivity contribution in [2.24, 2.45) is 5.11 Å². The Morgan fingerprint density at radius 3 is 1.60 bits per heavy atom. The first-order valence-corrected chi connectivity index (χ1v) is 15.0. The molecule has 0 spiro atoms. The molecule has 0 bridgehead atoms. The molecule has 0 N–H and O–H groups in total. The van der Waals surface area contributed by atoms with Gasteiger partial charge in [-0.15, -0.1) is 0 Å². The summed E-state index contributed by atoms with van der Waals surface area (Å²) in [7, 11) is 0. The van der Waals surface area contributed by atoms with Crippen LogP contribution in [0.3, 0.4) is 0 Å². The second-order valence-corrected chi connectivity index (χ2v) is 10.7. The summed E-state index contributed by atoms with van der Waals surface area (Å²) in [6.07, 6.45) is -5.09. The van der Waals surface area contributed by atoms with Crippen LogP contribution in [0.15, 0.2) is 126 Å². The maximum atomic E-state index is 13.1. The first-order chi connectivity index (χ1) is 23.4. The number of rotatable bonds is 14. The van der Waals surface area contributed by atoms with Crippen molar-refractivity contribution in [1.29, 1.82) is 0 Å². The van der Waals surface area contributed by atoms with Gasteiger partial charge in [0.15, 0.2) is 0 Å². The van der Waals surface area contributed by atoms with Crippen molar-refractivity contribution >= 4 is 23.5 Å². The van der Waals surface area contributed by atoms with Gasteiger partial charge < -0.3 is 23.7 Å². The third kappa shape index (κ3) is 8.78. The SMILES string of the molecule is [N-]=[N+]=NC1C(OC(=O)C(=O)c2ccccc2)OC(COC(=O)C(=O)c2ccccc2)[C@@H](OCc2ccccc2)C1OCc1ccccc1. The van der Waals surface area contributed by atoms with Crippen molar-refractivity contribution in [3.8, 4) is 0 Å². The largest absolute Gasteiger partial charge is 0.457 e. The minimum Gasteiger partial charge on any atom is -0.457 e. The molecule has 1 heterocycles. The number of esters is 2. The first kappa shape index (κ1) is 33.7. The zero-order chi connectivity index (χ0) is 33.7. The van der Waals surface area contributed by atoms with E-state index in [2.05, 4.69) is 10.0 Å². The number of hydrogen-bond donors (Lipinski definition) is 0. The van der Waals surface area contributed by atoms with Gasteiger partial charge in [-0.25, -0.2) is 9.59 Å². The van der Waals surface area contributed by atoms with E-state index >= 15 is 0 Å². The number of carbonyl (C=O) groups excluding carboxylic acids is 4. The number of ether oxygens (including phenoxy) is 5. The van der Waals surface area contributed by atoms with Crippen LogP contribution in [0, 0.1) is 0 Å². The molecular weight excluding hydrogens is 618 g/mol. The molecule has 0 aromatic heterocycles. The summed E-state index contributed by atoms with van der Waals surface area (Å²) < 4.78 is 29.6. The number of benzene rings is 4. The van der Waals surface area contributed by atoms with E-state index < -0.39 is 60.8 Å². The average molecular weight is 650 g/mol. The maximum Gasteiger partial charge on any atom is 0.381 e. The van der Waals surface area contributed by atoms with Gasteiger partial charge in [0, 0.05) is 16.0 Å². The molecule has 0 saturated carbocycles. The van der Waals surface area contributed by atoms with Crippen molar-refractivity contribution in [2.75, 3.05) is 6.61 Å². The number of ketones is 2. The molecule has 0 amide bonds. The van der Waals surface area contributed by atoms with Crippen LogP contribution in [-0.4, -0.2) is 60.8 Å². The molecule has 12 heteroatoms. The van der Waals surface area contributed by atoms with Crippen molar-refractivity contribution < 1.29 is 42.9 Å². The minimum atomic E-state index is -1.66. The van der Waals surface area contributed by atoms with Crippen LogP contribution in [0.5, 0.6) is 0 Å². The summed E-state index contributed by atoms with van der Waals surface area (Å²) in [5, 5.41) is 3.85. The number of carbonyl (C=O) groups is 4. The Balaban J connectivity index is 1.45. The molecule has 1 saturated heterocycles. The Kier molecular flexibility index (Phi) is 11.8. The van der Waals surface area contributed by atoms with Crippen molar-refractivity contribution in [3.63, 3.8) is 0 Å². The molecule has 5 rings (SSSR count). The molecule has 0 aliphatic carbocycles. The van der Waals surface area contributed by atoms with Crippen molar-refractivity contribution in [2.45, 2.75) is 43.9 Å². The first-order valence-electron chi connectivity index (χ1n) is 15.0.